The molecule has 2 aromatic rings. The molecule has 0 spiro atoms. The smallest absolute Gasteiger partial charge is 0.338 e. The van der Waals surface area contributed by atoms with Gasteiger partial charge >= 0.3 is 5.97 Å². The number of ether oxygens (including phenoxy) is 1. The number of hydrogen-bond acceptors (Lipinski definition) is 3. The van der Waals surface area contributed by atoms with E-state index in [9.17, 15) is 9.59 Å². The summed E-state index contributed by atoms with van der Waals surface area (Å²) in [5.41, 5.74) is 2.28. The predicted octanol–water partition coefficient (Wildman–Crippen LogP) is 4.00. The Morgan fingerprint density at radius 2 is 1.70 bits per heavy atom. The monoisotopic (exact) mass is 311 g/mol. The van der Waals surface area contributed by atoms with Gasteiger partial charge in [0.05, 0.1) is 5.56 Å². The Balaban J connectivity index is 1.94. The van der Waals surface area contributed by atoms with Crippen LogP contribution in [0.3, 0.4) is 0 Å². The number of para-hydroxylation sites is 1. The molecule has 2 rings (SSSR count). The van der Waals surface area contributed by atoms with Crippen LogP contribution in [0, 0.1) is 0 Å². The number of hydrogen-bond donors (Lipinski definition) is 1. The quantitative estimate of drug-likeness (QED) is 0.821. The number of rotatable bonds is 6. The molecular weight excluding hydrogens is 290 g/mol. The predicted molar refractivity (Wildman–Crippen MR) is 90.5 cm³/mol. The Morgan fingerprint density at radius 1 is 1.04 bits per heavy atom. The molecule has 120 valence electrons. The van der Waals surface area contributed by atoms with E-state index in [2.05, 4.69) is 19.2 Å². The molecule has 0 aliphatic heterocycles. The normalized spacial score (nSPS) is 11.6. The molecule has 0 aliphatic rings. The van der Waals surface area contributed by atoms with Gasteiger partial charge in [-0.05, 0) is 36.1 Å². The summed E-state index contributed by atoms with van der Waals surface area (Å²) in [5.74, 6) is -0.501. The van der Waals surface area contributed by atoms with E-state index in [1.165, 1.54) is 0 Å². The van der Waals surface area contributed by atoms with E-state index >= 15 is 0 Å². The Hall–Kier alpha value is -2.62. The van der Waals surface area contributed by atoms with Crippen molar-refractivity contribution in [1.82, 2.24) is 0 Å². The van der Waals surface area contributed by atoms with E-state index in [1.54, 1.807) is 24.3 Å². The van der Waals surface area contributed by atoms with Crippen LogP contribution in [-0.4, -0.2) is 18.5 Å². The Bertz CT molecular complexity index is 667. The molecule has 0 fully saturated rings. The third-order valence-corrected chi connectivity index (χ3v) is 3.72. The number of carbonyl (C=O) groups excluding carboxylic acids is 2. The molecule has 23 heavy (non-hydrogen) atoms. The highest BCUT2D eigenvalue weighted by molar-refractivity contribution is 5.95. The summed E-state index contributed by atoms with van der Waals surface area (Å²) in [4.78, 5) is 23.8. The van der Waals surface area contributed by atoms with Gasteiger partial charge in [-0.1, -0.05) is 50.2 Å². The zero-order valence-corrected chi connectivity index (χ0v) is 13.4. The van der Waals surface area contributed by atoms with Gasteiger partial charge in [-0.3, -0.25) is 4.79 Å². The Kier molecular flexibility index (Phi) is 5.92. The average molecular weight is 311 g/mol. The van der Waals surface area contributed by atoms with Gasteiger partial charge in [0.2, 0.25) is 0 Å². The fourth-order valence-electron chi connectivity index (χ4n) is 2.24. The molecule has 4 nitrogen and oxygen atoms in total. The van der Waals surface area contributed by atoms with E-state index in [0.717, 1.165) is 17.7 Å². The van der Waals surface area contributed by atoms with Crippen LogP contribution in [0.5, 0.6) is 0 Å². The fraction of sp³-hybridized carbons (Fsp3) is 0.263. The average Bonchev–Trinajstić information content (AvgIpc) is 2.60. The Morgan fingerprint density at radius 3 is 2.39 bits per heavy atom. The zero-order chi connectivity index (χ0) is 16.7. The first-order chi connectivity index (χ1) is 11.1. The van der Waals surface area contributed by atoms with Crippen LogP contribution < -0.4 is 5.32 Å². The minimum atomic E-state index is -0.504. The van der Waals surface area contributed by atoms with Crippen molar-refractivity contribution < 1.29 is 14.3 Å². The summed E-state index contributed by atoms with van der Waals surface area (Å²) >= 11 is 0. The third-order valence-electron chi connectivity index (χ3n) is 3.72. The minimum absolute atomic E-state index is 0.303. The summed E-state index contributed by atoms with van der Waals surface area (Å²) in [6, 6.07) is 16.3. The molecular formula is C19H21NO3. The third kappa shape index (κ3) is 4.68. The molecule has 0 unspecified atom stereocenters. The SMILES string of the molecule is CC[C@@H](C)c1ccccc1NC(=O)COC(=O)c1ccccc1. The first-order valence-corrected chi connectivity index (χ1v) is 7.72. The molecule has 2 aromatic carbocycles. The van der Waals surface area contributed by atoms with E-state index in [0.29, 0.717) is 11.5 Å². The molecule has 0 saturated heterocycles. The number of esters is 1. The minimum Gasteiger partial charge on any atom is -0.452 e. The first kappa shape index (κ1) is 16.7. The van der Waals surface area contributed by atoms with Crippen LogP contribution in [0.15, 0.2) is 54.6 Å². The molecule has 0 aliphatic carbocycles. The first-order valence-electron chi connectivity index (χ1n) is 7.72. The lowest BCUT2D eigenvalue weighted by Gasteiger charge is -2.15. The van der Waals surface area contributed by atoms with Crippen molar-refractivity contribution in [3.8, 4) is 0 Å². The van der Waals surface area contributed by atoms with Gasteiger partial charge in [-0.2, -0.15) is 0 Å². The zero-order valence-electron chi connectivity index (χ0n) is 13.4. The van der Waals surface area contributed by atoms with E-state index in [1.807, 2.05) is 30.3 Å². The summed E-state index contributed by atoms with van der Waals surface area (Å²) in [5, 5.41) is 2.82. The lowest BCUT2D eigenvalue weighted by Crippen LogP contribution is -2.21. The van der Waals surface area contributed by atoms with E-state index in [-0.39, 0.29) is 12.5 Å². The maximum atomic E-state index is 12.0. The van der Waals surface area contributed by atoms with Crippen molar-refractivity contribution in [2.24, 2.45) is 0 Å². The summed E-state index contributed by atoms with van der Waals surface area (Å²) < 4.78 is 5.04. The number of amides is 1. The molecule has 1 atom stereocenters. The molecule has 1 N–H and O–H groups in total. The number of benzene rings is 2. The van der Waals surface area contributed by atoms with Crippen LogP contribution in [-0.2, 0) is 9.53 Å². The standard InChI is InChI=1S/C19H21NO3/c1-3-14(2)16-11-7-8-12-17(16)20-18(21)13-23-19(22)15-9-5-4-6-10-15/h4-12,14H,3,13H2,1-2H3,(H,20,21)/t14-/m1/s1. The van der Waals surface area contributed by atoms with Crippen LogP contribution >= 0.6 is 0 Å². The largest absolute Gasteiger partial charge is 0.452 e. The Labute approximate surface area is 136 Å². The van der Waals surface area contributed by atoms with Crippen LogP contribution in [0.25, 0.3) is 0 Å². The van der Waals surface area contributed by atoms with Crippen LogP contribution in [0.2, 0.25) is 0 Å². The van der Waals surface area contributed by atoms with Crippen molar-refractivity contribution in [2.45, 2.75) is 26.2 Å². The van der Waals surface area contributed by atoms with Crippen molar-refractivity contribution in [3.63, 3.8) is 0 Å². The molecule has 4 heteroatoms. The highest BCUT2D eigenvalue weighted by Gasteiger charge is 2.13. The van der Waals surface area contributed by atoms with Gasteiger partial charge in [0, 0.05) is 5.69 Å². The molecule has 0 saturated carbocycles. The number of carbonyl (C=O) groups is 2. The molecule has 0 bridgehead atoms. The van der Waals surface area contributed by atoms with E-state index in [4.69, 9.17) is 4.74 Å². The lowest BCUT2D eigenvalue weighted by molar-refractivity contribution is -0.119. The van der Waals surface area contributed by atoms with Gasteiger partial charge in [0.25, 0.3) is 5.91 Å². The maximum Gasteiger partial charge on any atom is 0.338 e. The van der Waals surface area contributed by atoms with Crippen LogP contribution in [0.1, 0.15) is 42.1 Å². The highest BCUT2D eigenvalue weighted by Crippen LogP contribution is 2.26. The van der Waals surface area contributed by atoms with Crippen molar-refractivity contribution in [3.05, 3.63) is 65.7 Å². The molecule has 1 amide bonds. The van der Waals surface area contributed by atoms with Gasteiger partial charge in [0.1, 0.15) is 0 Å². The lowest BCUT2D eigenvalue weighted by atomic mass is 9.97. The van der Waals surface area contributed by atoms with Crippen molar-refractivity contribution >= 4 is 17.6 Å². The second kappa shape index (κ2) is 8.13. The van der Waals surface area contributed by atoms with Crippen LogP contribution in [0.4, 0.5) is 5.69 Å². The van der Waals surface area contributed by atoms with Crippen molar-refractivity contribution in [2.75, 3.05) is 11.9 Å². The van der Waals surface area contributed by atoms with Crippen molar-refractivity contribution in [1.29, 1.82) is 0 Å². The highest BCUT2D eigenvalue weighted by atomic mass is 16.5. The number of nitrogens with one attached hydrogen (secondary N) is 1. The number of anilines is 1. The fourth-order valence-corrected chi connectivity index (χ4v) is 2.24. The topological polar surface area (TPSA) is 55.4 Å². The molecule has 0 aromatic heterocycles. The van der Waals surface area contributed by atoms with Gasteiger partial charge in [-0.15, -0.1) is 0 Å². The van der Waals surface area contributed by atoms with Gasteiger partial charge in [-0.25, -0.2) is 4.79 Å². The summed E-state index contributed by atoms with van der Waals surface area (Å²) in [6.45, 7) is 3.91. The second-order valence-electron chi connectivity index (χ2n) is 5.39. The van der Waals surface area contributed by atoms with E-state index < -0.39 is 5.97 Å². The maximum absolute atomic E-state index is 12.0. The second-order valence-corrected chi connectivity index (χ2v) is 5.39. The summed E-state index contributed by atoms with van der Waals surface area (Å²) in [6.07, 6.45) is 0.982. The molecule has 0 radical (unpaired) electrons. The summed E-state index contributed by atoms with van der Waals surface area (Å²) in [7, 11) is 0. The van der Waals surface area contributed by atoms with Gasteiger partial charge < -0.3 is 10.1 Å². The van der Waals surface area contributed by atoms with Gasteiger partial charge in [0.15, 0.2) is 6.61 Å². The molecule has 0 heterocycles.